The number of nitrogens with zero attached hydrogens (tertiary/aromatic N) is 2. The van der Waals surface area contributed by atoms with Crippen molar-refractivity contribution in [3.63, 3.8) is 0 Å². The highest BCUT2D eigenvalue weighted by Crippen LogP contribution is 2.46. The third-order valence-electron chi connectivity index (χ3n) is 12.3. The van der Waals surface area contributed by atoms with E-state index in [1.807, 2.05) is 0 Å². The minimum absolute atomic E-state index is 0.107. The summed E-state index contributed by atoms with van der Waals surface area (Å²) in [5.74, 6) is -46.3. The zero-order chi connectivity index (χ0) is 59.5. The van der Waals surface area contributed by atoms with Gasteiger partial charge < -0.3 is 19.4 Å². The van der Waals surface area contributed by atoms with Gasteiger partial charge in [0.05, 0.1) is 80.9 Å². The molecule has 28 heteroatoms. The average molecular weight is 1200 g/mol. The summed E-state index contributed by atoms with van der Waals surface area (Å²) in [5.41, 5.74) is -19.1. The fourth-order valence-corrected chi connectivity index (χ4v) is 10.6. The van der Waals surface area contributed by atoms with Crippen molar-refractivity contribution in [3.05, 3.63) is 152 Å². The Bertz CT molecular complexity index is 3770. The predicted molar refractivity (Wildman–Crippen MR) is 264 cm³/mol. The molecule has 3 aromatic heterocycles. The van der Waals surface area contributed by atoms with Crippen LogP contribution in [0.25, 0.3) is 90.9 Å². The van der Waals surface area contributed by atoms with Crippen LogP contribution in [0.15, 0.2) is 34.1 Å². The van der Waals surface area contributed by atoms with Crippen LogP contribution < -0.4 is 0 Å². The van der Waals surface area contributed by atoms with Crippen molar-refractivity contribution in [1.29, 1.82) is 0 Å². The third kappa shape index (κ3) is 10.0. The highest BCUT2D eigenvalue weighted by Gasteiger charge is 2.35. The first kappa shape index (κ1) is 58.5. The number of carbonyl (C=O) groups excluding carboxylic acids is 2. The SMILES string of the molecule is CCOC(=O)CCSc1c(F)c(F)c(-c2c3nc(c(-c4c(F)c(F)c(F)c(F)c4F)c4ccc([nH]4)c(-c4c(F)c(F)c(SCCC(=O)OCC)c(F)c4F)c4nc(c(-c5c(F)c(F)c(F)c(F)c5F)c5ccc2[nH]5)C=C4)C=C3)c(F)c1F. The second-order valence-electron chi connectivity index (χ2n) is 17.1. The molecule has 2 aliphatic rings. The van der Waals surface area contributed by atoms with Gasteiger partial charge in [0.15, 0.2) is 93.1 Å². The molecule has 0 saturated carbocycles. The summed E-state index contributed by atoms with van der Waals surface area (Å²) in [6, 6.07) is 2.85. The van der Waals surface area contributed by atoms with Crippen molar-refractivity contribution < 1.29 is 98.1 Å². The van der Waals surface area contributed by atoms with Gasteiger partial charge in [-0.15, -0.1) is 23.5 Å². The number of hydrogen-bond acceptors (Lipinski definition) is 8. The molecular weight excluding hydrogens is 1170 g/mol. The molecule has 0 radical (unpaired) electrons. The molecule has 82 heavy (non-hydrogen) atoms. The van der Waals surface area contributed by atoms with Gasteiger partial charge in [-0.25, -0.2) is 89.0 Å². The molecule has 426 valence electrons. The van der Waals surface area contributed by atoms with Gasteiger partial charge in [0.25, 0.3) is 0 Å². The maximum Gasteiger partial charge on any atom is 0.306 e. The first-order chi connectivity index (χ1) is 38.9. The Morgan fingerprint density at radius 2 is 0.573 bits per heavy atom. The number of esters is 2. The lowest BCUT2D eigenvalue weighted by atomic mass is 10.0. The van der Waals surface area contributed by atoms with Crippen LogP contribution >= 0.6 is 23.5 Å². The number of nitrogens with one attached hydrogen (secondary N) is 2. The number of halogens is 18. The summed E-state index contributed by atoms with van der Waals surface area (Å²) in [4.78, 5) is 34.2. The maximum absolute atomic E-state index is 16.7. The minimum Gasteiger partial charge on any atom is -0.466 e. The van der Waals surface area contributed by atoms with Crippen LogP contribution in [0.5, 0.6) is 0 Å². The quantitative estimate of drug-likeness (QED) is 0.0364. The highest BCUT2D eigenvalue weighted by atomic mass is 32.2. The number of H-pyrrole nitrogens is 2. The van der Waals surface area contributed by atoms with Crippen LogP contribution in [0.1, 0.15) is 49.5 Å². The summed E-state index contributed by atoms with van der Waals surface area (Å²) < 4.78 is 296. The standard InChI is InChI=1S/C54H28F18N4O4S2/c1-3-79-25(77)13-15-81-53-49(69)39(59)33(40(60)50(53)70)29-21-9-5-17(73-21)27(31-35(55)43(63)47(67)44(64)36(31)56)19-7-11-23(75-19)30(34-41(61)51(71)54(52(72)42(34)62)82-16-14-26(78)80-4-2)24-12-8-20(76-24)28(18-6-10-22(29)74-18)32-37(57)45(65)48(68)46(66)38(32)58/h5-12,73,76H,3-4,13-16H2,1-2H3. The van der Waals surface area contributed by atoms with Crippen molar-refractivity contribution in [2.75, 3.05) is 24.7 Å². The smallest absolute Gasteiger partial charge is 0.306 e. The van der Waals surface area contributed by atoms with E-state index < -0.39 is 240 Å². The van der Waals surface area contributed by atoms with Crippen LogP contribution in [0.2, 0.25) is 0 Å². The highest BCUT2D eigenvalue weighted by molar-refractivity contribution is 7.99. The summed E-state index contributed by atoms with van der Waals surface area (Å²) in [6.45, 7) is 2.66. The van der Waals surface area contributed by atoms with Gasteiger partial charge in [-0.3, -0.25) is 9.59 Å². The summed E-state index contributed by atoms with van der Waals surface area (Å²) in [7, 11) is 0. The first-order valence-corrected chi connectivity index (χ1v) is 25.4. The second kappa shape index (κ2) is 23.0. The number of thioether (sulfide) groups is 2. The normalized spacial score (nSPS) is 12.0. The Labute approximate surface area is 455 Å². The molecule has 0 amide bonds. The number of ether oxygens (including phenoxy) is 2. The number of hydrogen-bond donors (Lipinski definition) is 2. The number of carbonyl (C=O) groups is 2. The number of fused-ring (bicyclic) bond motifs is 8. The summed E-state index contributed by atoms with van der Waals surface area (Å²) >= 11 is 0.214. The van der Waals surface area contributed by atoms with Crippen LogP contribution in [0.3, 0.4) is 0 Å². The molecule has 0 fully saturated rings. The fraction of sp³-hybridized carbons (Fsp3) is 0.148. The van der Waals surface area contributed by atoms with E-state index in [1.165, 1.54) is 13.8 Å². The van der Waals surface area contributed by atoms with Crippen molar-refractivity contribution >= 4 is 81.8 Å². The molecule has 0 spiro atoms. The lowest BCUT2D eigenvalue weighted by molar-refractivity contribution is -0.143. The number of aromatic amines is 2. The average Bonchev–Trinajstić information content (AvgIpc) is 3.49. The molecule has 4 aromatic carbocycles. The van der Waals surface area contributed by atoms with Crippen LogP contribution in [-0.2, 0) is 19.1 Å². The molecule has 2 N–H and O–H groups in total. The molecule has 2 aliphatic heterocycles. The van der Waals surface area contributed by atoms with Gasteiger partial charge in [-0.05, 0) is 62.4 Å². The molecule has 0 saturated heterocycles. The lowest BCUT2D eigenvalue weighted by Gasteiger charge is -2.13. The molecule has 0 aliphatic carbocycles. The number of rotatable bonds is 14. The van der Waals surface area contributed by atoms with Crippen LogP contribution in [-0.4, -0.2) is 56.6 Å². The molecule has 0 unspecified atom stereocenters. The zero-order valence-corrected chi connectivity index (χ0v) is 42.6. The van der Waals surface area contributed by atoms with Crippen LogP contribution in [0.4, 0.5) is 79.0 Å². The summed E-state index contributed by atoms with van der Waals surface area (Å²) in [6.07, 6.45) is 1.67. The lowest BCUT2D eigenvalue weighted by Crippen LogP contribution is -2.07. The molecule has 8 bridgehead atoms. The van der Waals surface area contributed by atoms with E-state index in [0.717, 1.165) is 12.1 Å². The van der Waals surface area contributed by atoms with Gasteiger partial charge in [0.2, 0.25) is 11.6 Å². The number of aromatic nitrogens is 4. The Morgan fingerprint density at radius 3 is 0.805 bits per heavy atom. The molecule has 0 atom stereocenters. The molecule has 7 aromatic rings. The van der Waals surface area contributed by atoms with Gasteiger partial charge in [-0.1, -0.05) is 0 Å². The zero-order valence-electron chi connectivity index (χ0n) is 41.0. The molecule has 5 heterocycles. The largest absolute Gasteiger partial charge is 0.466 e. The predicted octanol–water partition coefficient (Wildman–Crippen LogP) is 15.9. The monoisotopic (exact) mass is 1200 g/mol. The van der Waals surface area contributed by atoms with E-state index in [9.17, 15) is 18.4 Å². The van der Waals surface area contributed by atoms with E-state index in [1.54, 1.807) is 0 Å². The second-order valence-corrected chi connectivity index (χ2v) is 19.3. The van der Waals surface area contributed by atoms with Gasteiger partial charge in [-0.2, -0.15) is 0 Å². The van der Waals surface area contributed by atoms with E-state index in [2.05, 4.69) is 19.9 Å². The van der Waals surface area contributed by atoms with Crippen molar-refractivity contribution in [2.24, 2.45) is 0 Å². The molecule has 8 nitrogen and oxygen atoms in total. The van der Waals surface area contributed by atoms with E-state index in [0.29, 0.717) is 36.4 Å². The van der Waals surface area contributed by atoms with Gasteiger partial charge in [0, 0.05) is 55.8 Å². The maximum atomic E-state index is 16.7. The first-order valence-electron chi connectivity index (χ1n) is 23.4. The fourth-order valence-electron chi connectivity index (χ4n) is 8.76. The molecular formula is C54H28F18N4O4S2. The minimum atomic E-state index is -2.69. The van der Waals surface area contributed by atoms with Crippen molar-refractivity contribution in [3.8, 4) is 44.5 Å². The Balaban J connectivity index is 1.47. The summed E-state index contributed by atoms with van der Waals surface area (Å²) in [5, 5.41) is 0. The van der Waals surface area contributed by atoms with Crippen LogP contribution in [0, 0.1) is 105 Å². The Hall–Kier alpha value is -8.14. The Morgan fingerprint density at radius 1 is 0.354 bits per heavy atom. The van der Waals surface area contributed by atoms with E-state index in [4.69, 9.17) is 9.47 Å². The van der Waals surface area contributed by atoms with E-state index >= 15 is 70.2 Å². The topological polar surface area (TPSA) is 110 Å². The number of benzene rings is 4. The van der Waals surface area contributed by atoms with Crippen molar-refractivity contribution in [2.45, 2.75) is 36.5 Å². The Kier molecular flexibility index (Phi) is 16.4. The van der Waals surface area contributed by atoms with Gasteiger partial charge in [0.1, 0.15) is 0 Å². The van der Waals surface area contributed by atoms with E-state index in [-0.39, 0.29) is 36.7 Å². The molecule has 9 rings (SSSR count). The van der Waals surface area contributed by atoms with Crippen molar-refractivity contribution in [1.82, 2.24) is 19.9 Å². The van der Waals surface area contributed by atoms with Gasteiger partial charge >= 0.3 is 11.9 Å². The third-order valence-corrected chi connectivity index (χ3v) is 14.4.